The van der Waals surface area contributed by atoms with E-state index in [2.05, 4.69) is 16.3 Å². The zero-order valence-corrected chi connectivity index (χ0v) is 19.7. The number of thioether (sulfide) groups is 1. The summed E-state index contributed by atoms with van der Waals surface area (Å²) in [5.74, 6) is -0.183. The second kappa shape index (κ2) is 9.94. The zero-order chi connectivity index (χ0) is 23.4. The number of hydrogen-bond acceptors (Lipinski definition) is 5. The van der Waals surface area contributed by atoms with E-state index in [9.17, 15) is 14.4 Å². The number of benzene rings is 2. The SMILES string of the molecule is CN(C(=O)CSc1nnc(-c2ccccc2Cl)n1-c1ccccc1F)C1(C#N)CCCCC1. The van der Waals surface area contributed by atoms with Crippen molar-refractivity contribution in [2.75, 3.05) is 12.8 Å². The number of nitrogens with zero attached hydrogens (tertiary/aromatic N) is 5. The van der Waals surface area contributed by atoms with Gasteiger partial charge in [0.05, 0.1) is 22.5 Å². The summed E-state index contributed by atoms with van der Waals surface area (Å²) in [6.07, 6.45) is 4.30. The Bertz CT molecular complexity index is 1200. The van der Waals surface area contributed by atoms with Crippen LogP contribution in [0.3, 0.4) is 0 Å². The number of carbonyl (C=O) groups is 1. The number of para-hydroxylation sites is 1. The number of halogens is 2. The molecule has 0 saturated heterocycles. The summed E-state index contributed by atoms with van der Waals surface area (Å²) in [6, 6.07) is 15.8. The van der Waals surface area contributed by atoms with Crippen molar-refractivity contribution in [2.45, 2.75) is 42.8 Å². The fraction of sp³-hybridized carbons (Fsp3) is 0.333. The molecule has 33 heavy (non-hydrogen) atoms. The van der Waals surface area contributed by atoms with Crippen molar-refractivity contribution in [3.8, 4) is 23.1 Å². The topological polar surface area (TPSA) is 74.8 Å². The van der Waals surface area contributed by atoms with Crippen LogP contribution in [0.4, 0.5) is 4.39 Å². The molecule has 1 heterocycles. The van der Waals surface area contributed by atoms with Gasteiger partial charge in [0.25, 0.3) is 0 Å². The predicted molar refractivity (Wildman–Crippen MR) is 127 cm³/mol. The lowest BCUT2D eigenvalue weighted by Gasteiger charge is -2.39. The molecule has 1 aromatic heterocycles. The number of aromatic nitrogens is 3. The Morgan fingerprint density at radius 3 is 2.58 bits per heavy atom. The summed E-state index contributed by atoms with van der Waals surface area (Å²) < 4.78 is 16.3. The van der Waals surface area contributed by atoms with Gasteiger partial charge in [0, 0.05) is 12.6 Å². The van der Waals surface area contributed by atoms with Crippen molar-refractivity contribution >= 4 is 29.3 Å². The number of hydrogen-bond donors (Lipinski definition) is 0. The van der Waals surface area contributed by atoms with Crippen LogP contribution in [0.1, 0.15) is 32.1 Å². The third kappa shape index (κ3) is 4.61. The molecular weight excluding hydrogens is 461 g/mol. The second-order valence-electron chi connectivity index (χ2n) is 8.02. The normalized spacial score (nSPS) is 15.1. The molecule has 3 aromatic rings. The largest absolute Gasteiger partial charge is 0.326 e. The van der Waals surface area contributed by atoms with Gasteiger partial charge in [-0.1, -0.05) is 66.9 Å². The van der Waals surface area contributed by atoms with Crippen LogP contribution in [-0.4, -0.2) is 43.9 Å². The summed E-state index contributed by atoms with van der Waals surface area (Å²) in [6.45, 7) is 0. The van der Waals surface area contributed by atoms with Crippen LogP contribution >= 0.6 is 23.4 Å². The summed E-state index contributed by atoms with van der Waals surface area (Å²) in [5.41, 5.74) is 0.107. The molecule has 2 aromatic carbocycles. The third-order valence-electron chi connectivity index (χ3n) is 6.07. The minimum Gasteiger partial charge on any atom is -0.326 e. The van der Waals surface area contributed by atoms with Gasteiger partial charge < -0.3 is 4.90 Å². The molecule has 0 atom stereocenters. The van der Waals surface area contributed by atoms with Crippen LogP contribution in [0.15, 0.2) is 53.7 Å². The highest BCUT2D eigenvalue weighted by Gasteiger charge is 2.38. The van der Waals surface area contributed by atoms with E-state index in [1.807, 2.05) is 6.07 Å². The van der Waals surface area contributed by atoms with Gasteiger partial charge in [0.15, 0.2) is 11.0 Å². The molecule has 6 nitrogen and oxygen atoms in total. The van der Waals surface area contributed by atoms with E-state index in [1.54, 1.807) is 52.9 Å². The lowest BCUT2D eigenvalue weighted by Crippen LogP contribution is -2.50. The Morgan fingerprint density at radius 1 is 1.18 bits per heavy atom. The minimum absolute atomic E-state index is 0.0506. The van der Waals surface area contributed by atoms with Crippen molar-refractivity contribution in [1.82, 2.24) is 19.7 Å². The second-order valence-corrected chi connectivity index (χ2v) is 9.37. The van der Waals surface area contributed by atoms with Crippen LogP contribution in [0.25, 0.3) is 17.1 Å². The number of amides is 1. The van der Waals surface area contributed by atoms with Gasteiger partial charge in [0.1, 0.15) is 11.4 Å². The van der Waals surface area contributed by atoms with E-state index in [4.69, 9.17) is 11.6 Å². The molecule has 1 aliphatic carbocycles. The first-order chi connectivity index (χ1) is 16.0. The molecule has 0 N–H and O–H groups in total. The summed E-state index contributed by atoms with van der Waals surface area (Å²) in [4.78, 5) is 14.6. The van der Waals surface area contributed by atoms with Gasteiger partial charge in [0.2, 0.25) is 5.91 Å². The quantitative estimate of drug-likeness (QED) is 0.432. The first kappa shape index (κ1) is 23.3. The van der Waals surface area contributed by atoms with E-state index in [0.717, 1.165) is 31.0 Å². The van der Waals surface area contributed by atoms with Crippen molar-refractivity contribution in [3.05, 3.63) is 59.4 Å². The van der Waals surface area contributed by atoms with Crippen molar-refractivity contribution in [2.24, 2.45) is 0 Å². The molecule has 1 aliphatic rings. The molecule has 0 aliphatic heterocycles. The fourth-order valence-electron chi connectivity index (χ4n) is 4.15. The highest BCUT2D eigenvalue weighted by atomic mass is 35.5. The lowest BCUT2D eigenvalue weighted by molar-refractivity contribution is -0.131. The van der Waals surface area contributed by atoms with Crippen LogP contribution in [0.5, 0.6) is 0 Å². The monoisotopic (exact) mass is 483 g/mol. The Kier molecular flexibility index (Phi) is 7.01. The Morgan fingerprint density at radius 2 is 1.88 bits per heavy atom. The van der Waals surface area contributed by atoms with E-state index in [1.165, 1.54) is 6.07 Å². The third-order valence-corrected chi connectivity index (χ3v) is 7.31. The maximum Gasteiger partial charge on any atom is 0.234 e. The van der Waals surface area contributed by atoms with Crippen molar-refractivity contribution in [1.29, 1.82) is 5.26 Å². The maximum absolute atomic E-state index is 14.8. The van der Waals surface area contributed by atoms with Crippen molar-refractivity contribution < 1.29 is 9.18 Å². The van der Waals surface area contributed by atoms with E-state index < -0.39 is 11.4 Å². The number of rotatable bonds is 6. The Hall–Kier alpha value is -2.89. The van der Waals surface area contributed by atoms with E-state index in [0.29, 0.717) is 34.4 Å². The minimum atomic E-state index is -0.766. The highest BCUT2D eigenvalue weighted by Crippen LogP contribution is 2.35. The zero-order valence-electron chi connectivity index (χ0n) is 18.2. The Labute approximate surface area is 201 Å². The molecule has 0 radical (unpaired) electrons. The van der Waals surface area contributed by atoms with Crippen LogP contribution in [0, 0.1) is 17.1 Å². The van der Waals surface area contributed by atoms with Crippen LogP contribution < -0.4 is 0 Å². The molecule has 0 bridgehead atoms. The standard InChI is InChI=1S/C24H23ClFN5OS/c1-30(24(16-27)13-7-2-8-14-24)21(32)15-33-23-29-28-22(17-9-3-4-10-18(17)25)31(23)20-12-6-5-11-19(20)26/h3-6,9-12H,2,7-8,13-15H2,1H3. The average Bonchev–Trinajstić information content (AvgIpc) is 3.26. The molecule has 9 heteroatoms. The van der Waals surface area contributed by atoms with Crippen LogP contribution in [-0.2, 0) is 4.79 Å². The summed E-state index contributed by atoms with van der Waals surface area (Å²) in [5, 5.41) is 19.1. The van der Waals surface area contributed by atoms with E-state index >= 15 is 0 Å². The predicted octanol–water partition coefficient (Wildman–Crippen LogP) is 5.50. The molecule has 0 unspecified atom stereocenters. The molecular formula is C24H23ClFN5OS. The first-order valence-electron chi connectivity index (χ1n) is 10.7. The summed E-state index contributed by atoms with van der Waals surface area (Å²) >= 11 is 7.54. The van der Waals surface area contributed by atoms with Gasteiger partial charge in [-0.2, -0.15) is 5.26 Å². The average molecular weight is 484 g/mol. The van der Waals surface area contributed by atoms with E-state index in [-0.39, 0.29) is 17.3 Å². The first-order valence-corrected chi connectivity index (χ1v) is 12.1. The Balaban J connectivity index is 1.65. The van der Waals surface area contributed by atoms with Gasteiger partial charge >= 0.3 is 0 Å². The molecule has 0 spiro atoms. The molecule has 170 valence electrons. The molecule has 4 rings (SSSR count). The summed E-state index contributed by atoms with van der Waals surface area (Å²) in [7, 11) is 1.69. The van der Waals surface area contributed by atoms with Gasteiger partial charge in [-0.15, -0.1) is 10.2 Å². The number of carbonyl (C=O) groups excluding carboxylic acids is 1. The smallest absolute Gasteiger partial charge is 0.234 e. The molecule has 1 saturated carbocycles. The van der Waals surface area contributed by atoms with Gasteiger partial charge in [-0.3, -0.25) is 9.36 Å². The van der Waals surface area contributed by atoms with Crippen LogP contribution in [0.2, 0.25) is 5.02 Å². The maximum atomic E-state index is 14.8. The molecule has 1 fully saturated rings. The highest BCUT2D eigenvalue weighted by molar-refractivity contribution is 7.99. The fourth-order valence-corrected chi connectivity index (χ4v) is 5.23. The van der Waals surface area contributed by atoms with Crippen molar-refractivity contribution in [3.63, 3.8) is 0 Å². The number of nitriles is 1. The molecule has 1 amide bonds. The van der Waals surface area contributed by atoms with Gasteiger partial charge in [-0.25, -0.2) is 4.39 Å². The lowest BCUT2D eigenvalue weighted by atomic mass is 9.81. The van der Waals surface area contributed by atoms with Gasteiger partial charge in [-0.05, 0) is 37.1 Å².